The van der Waals surface area contributed by atoms with Crippen molar-refractivity contribution >= 4 is 0 Å². The smallest absolute Gasteiger partial charge is 0.0697 e. The zero-order valence-electron chi connectivity index (χ0n) is 12.2. The molecule has 3 rings (SSSR count). The van der Waals surface area contributed by atoms with Gasteiger partial charge >= 0.3 is 0 Å². The van der Waals surface area contributed by atoms with Gasteiger partial charge in [0.15, 0.2) is 0 Å². The van der Waals surface area contributed by atoms with Crippen molar-refractivity contribution in [3.8, 4) is 6.07 Å². The Balaban J connectivity index is 1.82. The molecule has 0 amide bonds. The average Bonchev–Trinajstić information content (AvgIpc) is 2.86. The van der Waals surface area contributed by atoms with E-state index in [2.05, 4.69) is 53.2 Å². The van der Waals surface area contributed by atoms with Gasteiger partial charge in [0.2, 0.25) is 0 Å². The molecule has 2 aromatic rings. The molecule has 0 bridgehead atoms. The number of hydrogen-bond acceptors (Lipinski definition) is 3. The van der Waals surface area contributed by atoms with Gasteiger partial charge in [-0.05, 0) is 17.2 Å². The minimum atomic E-state index is -0.141. The molecule has 0 radical (unpaired) electrons. The summed E-state index contributed by atoms with van der Waals surface area (Å²) in [6.07, 6.45) is 3.68. The molecule has 0 aliphatic carbocycles. The number of hydrogen-bond donors (Lipinski definition) is 0. The van der Waals surface area contributed by atoms with Crippen molar-refractivity contribution in [2.75, 3.05) is 13.1 Å². The highest BCUT2D eigenvalue weighted by atomic mass is 15.2. The molecule has 1 saturated heterocycles. The van der Waals surface area contributed by atoms with Crippen LogP contribution in [-0.2, 0) is 12.0 Å². The van der Waals surface area contributed by atoms with E-state index in [4.69, 9.17) is 0 Å². The summed E-state index contributed by atoms with van der Waals surface area (Å²) >= 11 is 0. The second kappa shape index (κ2) is 5.67. The molecule has 1 aromatic carbocycles. The third kappa shape index (κ3) is 2.68. The largest absolute Gasteiger partial charge is 0.297 e. The molecule has 1 aliphatic heterocycles. The monoisotopic (exact) mass is 277 g/mol. The van der Waals surface area contributed by atoms with E-state index in [0.29, 0.717) is 0 Å². The topological polar surface area (TPSA) is 39.9 Å². The van der Waals surface area contributed by atoms with Crippen LogP contribution in [0.5, 0.6) is 0 Å². The lowest BCUT2D eigenvalue weighted by molar-refractivity contribution is 0.309. The number of likely N-dealkylation sites (tertiary alicyclic amines) is 1. The molecule has 3 heteroatoms. The minimum absolute atomic E-state index is 0.00501. The first-order valence-corrected chi connectivity index (χ1v) is 7.29. The fourth-order valence-electron chi connectivity index (χ4n) is 3.24. The van der Waals surface area contributed by atoms with Gasteiger partial charge in [-0.2, -0.15) is 5.26 Å². The molecule has 0 spiro atoms. The first-order valence-electron chi connectivity index (χ1n) is 7.29. The normalized spacial score (nSPS) is 25.6. The van der Waals surface area contributed by atoms with Crippen LogP contribution in [0.1, 0.15) is 18.1 Å². The lowest BCUT2D eigenvalue weighted by Crippen LogP contribution is -2.31. The Bertz CT molecular complexity index is 633. The van der Waals surface area contributed by atoms with Crippen LogP contribution in [0.3, 0.4) is 0 Å². The van der Waals surface area contributed by atoms with Gasteiger partial charge in [-0.15, -0.1) is 0 Å². The number of pyridine rings is 1. The van der Waals surface area contributed by atoms with Crippen molar-refractivity contribution in [2.24, 2.45) is 5.92 Å². The van der Waals surface area contributed by atoms with Crippen molar-refractivity contribution < 1.29 is 0 Å². The highest BCUT2D eigenvalue weighted by Gasteiger charge is 2.44. The summed E-state index contributed by atoms with van der Waals surface area (Å²) in [4.78, 5) is 6.60. The predicted molar refractivity (Wildman–Crippen MR) is 82.4 cm³/mol. The van der Waals surface area contributed by atoms with Crippen molar-refractivity contribution in [2.45, 2.75) is 18.9 Å². The standard InChI is InChI=1S/C18H19N3/c1-18(16-8-5-9-20-11-16)14-21(13-17(18)10-19)12-15-6-3-2-4-7-15/h2-9,11,17H,12-14H2,1H3. The summed E-state index contributed by atoms with van der Waals surface area (Å²) in [6, 6.07) is 17.0. The van der Waals surface area contributed by atoms with Gasteiger partial charge in [0.1, 0.15) is 0 Å². The van der Waals surface area contributed by atoms with Gasteiger partial charge in [0.25, 0.3) is 0 Å². The first-order chi connectivity index (χ1) is 10.2. The maximum Gasteiger partial charge on any atom is 0.0697 e. The molecule has 1 aromatic heterocycles. The van der Waals surface area contributed by atoms with Crippen LogP contribution in [0.4, 0.5) is 0 Å². The number of benzene rings is 1. The molecular weight excluding hydrogens is 258 g/mol. The zero-order chi connectivity index (χ0) is 14.7. The molecule has 1 fully saturated rings. The van der Waals surface area contributed by atoms with Crippen molar-refractivity contribution in [3.05, 3.63) is 66.0 Å². The van der Waals surface area contributed by atoms with E-state index in [1.807, 2.05) is 18.3 Å². The molecule has 0 saturated carbocycles. The highest BCUT2D eigenvalue weighted by molar-refractivity contribution is 5.28. The van der Waals surface area contributed by atoms with Gasteiger partial charge < -0.3 is 0 Å². The summed E-state index contributed by atoms with van der Waals surface area (Å²) in [5.41, 5.74) is 2.31. The second-order valence-corrected chi connectivity index (χ2v) is 6.00. The Hall–Kier alpha value is -2.18. The Kier molecular flexibility index (Phi) is 3.72. The molecule has 21 heavy (non-hydrogen) atoms. The van der Waals surface area contributed by atoms with Crippen LogP contribution in [-0.4, -0.2) is 23.0 Å². The summed E-state index contributed by atoms with van der Waals surface area (Å²) in [6.45, 7) is 4.79. The van der Waals surface area contributed by atoms with Crippen LogP contribution < -0.4 is 0 Å². The third-order valence-electron chi connectivity index (χ3n) is 4.49. The summed E-state index contributed by atoms with van der Waals surface area (Å²) in [5.74, 6) is 0.00501. The van der Waals surface area contributed by atoms with Gasteiger partial charge in [-0.1, -0.05) is 43.3 Å². The van der Waals surface area contributed by atoms with Gasteiger partial charge in [-0.25, -0.2) is 0 Å². The number of nitrogens with zero attached hydrogens (tertiary/aromatic N) is 3. The molecule has 106 valence electrons. The van der Waals surface area contributed by atoms with Crippen LogP contribution in [0.25, 0.3) is 0 Å². The van der Waals surface area contributed by atoms with Crippen LogP contribution in [0, 0.1) is 17.2 Å². The van der Waals surface area contributed by atoms with Crippen LogP contribution >= 0.6 is 0 Å². The van der Waals surface area contributed by atoms with E-state index in [-0.39, 0.29) is 11.3 Å². The third-order valence-corrected chi connectivity index (χ3v) is 4.49. The minimum Gasteiger partial charge on any atom is -0.297 e. The maximum atomic E-state index is 9.55. The summed E-state index contributed by atoms with van der Waals surface area (Å²) in [5, 5.41) is 9.55. The van der Waals surface area contributed by atoms with E-state index >= 15 is 0 Å². The first kappa shape index (κ1) is 13.8. The Labute approximate surface area is 125 Å². The van der Waals surface area contributed by atoms with E-state index in [0.717, 1.165) is 25.2 Å². The molecule has 1 aliphatic rings. The average molecular weight is 277 g/mol. The van der Waals surface area contributed by atoms with E-state index in [1.165, 1.54) is 5.56 Å². The number of aromatic nitrogens is 1. The van der Waals surface area contributed by atoms with Crippen molar-refractivity contribution in [3.63, 3.8) is 0 Å². The van der Waals surface area contributed by atoms with E-state index in [1.54, 1.807) is 6.20 Å². The van der Waals surface area contributed by atoms with Crippen molar-refractivity contribution in [1.82, 2.24) is 9.88 Å². The molecule has 2 atom stereocenters. The van der Waals surface area contributed by atoms with Crippen LogP contribution in [0.2, 0.25) is 0 Å². The molecule has 3 nitrogen and oxygen atoms in total. The van der Waals surface area contributed by atoms with E-state index < -0.39 is 0 Å². The molecular formula is C18H19N3. The molecule has 2 heterocycles. The van der Waals surface area contributed by atoms with E-state index in [9.17, 15) is 5.26 Å². The predicted octanol–water partition coefficient (Wildman–Crippen LogP) is 2.99. The number of nitriles is 1. The lowest BCUT2D eigenvalue weighted by atomic mass is 9.75. The van der Waals surface area contributed by atoms with Crippen LogP contribution in [0.15, 0.2) is 54.9 Å². The summed E-state index contributed by atoms with van der Waals surface area (Å²) in [7, 11) is 0. The fraction of sp³-hybridized carbons (Fsp3) is 0.333. The fourth-order valence-corrected chi connectivity index (χ4v) is 3.24. The Morgan fingerprint density at radius 3 is 2.76 bits per heavy atom. The molecule has 2 unspecified atom stereocenters. The summed E-state index contributed by atoms with van der Waals surface area (Å²) < 4.78 is 0. The second-order valence-electron chi connectivity index (χ2n) is 6.00. The Morgan fingerprint density at radius 2 is 2.10 bits per heavy atom. The Morgan fingerprint density at radius 1 is 1.29 bits per heavy atom. The maximum absolute atomic E-state index is 9.55. The SMILES string of the molecule is CC1(c2cccnc2)CN(Cc2ccccc2)CC1C#N. The highest BCUT2D eigenvalue weighted by Crippen LogP contribution is 2.38. The van der Waals surface area contributed by atoms with Gasteiger partial charge in [-0.3, -0.25) is 9.88 Å². The lowest BCUT2D eigenvalue weighted by Gasteiger charge is -2.27. The number of rotatable bonds is 3. The zero-order valence-corrected chi connectivity index (χ0v) is 12.2. The quantitative estimate of drug-likeness (QED) is 0.866. The molecule has 0 N–H and O–H groups in total. The van der Waals surface area contributed by atoms with Gasteiger partial charge in [0, 0.05) is 37.4 Å². The van der Waals surface area contributed by atoms with Crippen molar-refractivity contribution in [1.29, 1.82) is 5.26 Å². The van der Waals surface area contributed by atoms with Gasteiger partial charge in [0.05, 0.1) is 12.0 Å².